The van der Waals surface area contributed by atoms with E-state index in [-0.39, 0.29) is 11.6 Å². The molecule has 0 atom stereocenters. The van der Waals surface area contributed by atoms with Crippen LogP contribution in [0.2, 0.25) is 0 Å². The molecular weight excluding hydrogens is 322 g/mol. The van der Waals surface area contributed by atoms with Gasteiger partial charge in [0.15, 0.2) is 10.8 Å². The van der Waals surface area contributed by atoms with Gasteiger partial charge in [-0.25, -0.2) is 4.98 Å². The Morgan fingerprint density at radius 3 is 2.75 bits per heavy atom. The largest absolute Gasteiger partial charge is 0.296 e. The first-order valence-electron chi connectivity index (χ1n) is 7.36. The highest BCUT2D eigenvalue weighted by atomic mass is 32.1. The molecule has 118 valence electrons. The zero-order chi connectivity index (χ0) is 16.5. The summed E-state index contributed by atoms with van der Waals surface area (Å²) < 4.78 is 1.04. The van der Waals surface area contributed by atoms with Crippen molar-refractivity contribution in [1.82, 2.24) is 20.0 Å². The molecule has 0 radical (unpaired) electrons. The van der Waals surface area contributed by atoms with E-state index in [4.69, 9.17) is 0 Å². The topological polar surface area (TPSA) is 72.7 Å². The molecule has 0 spiro atoms. The van der Waals surface area contributed by atoms with Crippen LogP contribution in [0.15, 0.2) is 54.7 Å². The van der Waals surface area contributed by atoms with Gasteiger partial charge in [-0.3, -0.25) is 10.1 Å². The predicted octanol–water partition coefficient (Wildman–Crippen LogP) is 3.44. The smallest absolute Gasteiger partial charge is 0.279 e. The van der Waals surface area contributed by atoms with Crippen LogP contribution in [0.1, 0.15) is 16.1 Å². The normalized spacial score (nSPS) is 10.9. The molecule has 1 N–H and O–H groups in total. The third kappa shape index (κ3) is 2.65. The molecule has 0 aliphatic carbocycles. The number of carbonyl (C=O) groups excluding carboxylic acids is 1. The van der Waals surface area contributed by atoms with E-state index in [1.165, 1.54) is 22.3 Å². The van der Waals surface area contributed by atoms with Gasteiger partial charge >= 0.3 is 0 Å². The van der Waals surface area contributed by atoms with Crippen LogP contribution >= 0.6 is 11.3 Å². The summed E-state index contributed by atoms with van der Waals surface area (Å²) in [6.07, 6.45) is 1.45. The van der Waals surface area contributed by atoms with E-state index in [1.807, 2.05) is 55.5 Å². The molecule has 0 fully saturated rings. The van der Waals surface area contributed by atoms with Gasteiger partial charge in [-0.15, -0.1) is 5.10 Å². The molecule has 7 heteroatoms. The van der Waals surface area contributed by atoms with Gasteiger partial charge in [0.05, 0.1) is 22.1 Å². The number of nitrogens with zero attached hydrogens (tertiary/aromatic N) is 4. The fraction of sp³-hybridized carbons (Fsp3) is 0.0588. The van der Waals surface area contributed by atoms with Gasteiger partial charge in [-0.05, 0) is 30.7 Å². The highest BCUT2D eigenvalue weighted by Crippen LogP contribution is 2.28. The standard InChI is InChI=1S/C17H13N5OS/c1-11-6-5-9-14-15(11)19-17(24-14)20-16(23)13-10-18-22(21-13)12-7-3-2-4-8-12/h2-10H,1H3,(H,19,20,23). The Hall–Kier alpha value is -3.06. The molecule has 2 aromatic heterocycles. The predicted molar refractivity (Wildman–Crippen MR) is 93.7 cm³/mol. The highest BCUT2D eigenvalue weighted by Gasteiger charge is 2.14. The maximum Gasteiger partial charge on any atom is 0.279 e. The molecular formula is C17H13N5OS. The monoisotopic (exact) mass is 335 g/mol. The first-order valence-corrected chi connectivity index (χ1v) is 8.17. The SMILES string of the molecule is Cc1cccc2sc(NC(=O)c3cnn(-c4ccccc4)n3)nc12. The third-order valence-electron chi connectivity index (χ3n) is 3.55. The molecule has 24 heavy (non-hydrogen) atoms. The Balaban J connectivity index is 1.58. The van der Waals surface area contributed by atoms with Gasteiger partial charge in [0.1, 0.15) is 0 Å². The van der Waals surface area contributed by atoms with E-state index in [0.717, 1.165) is 21.5 Å². The molecule has 1 amide bonds. The van der Waals surface area contributed by atoms with Gasteiger partial charge in [-0.2, -0.15) is 9.90 Å². The van der Waals surface area contributed by atoms with Crippen LogP contribution in [0.25, 0.3) is 15.9 Å². The lowest BCUT2D eigenvalue weighted by Gasteiger charge is -1.98. The molecule has 0 aliphatic rings. The summed E-state index contributed by atoms with van der Waals surface area (Å²) >= 11 is 1.44. The molecule has 0 saturated carbocycles. The van der Waals surface area contributed by atoms with Crippen molar-refractivity contribution in [2.45, 2.75) is 6.92 Å². The van der Waals surface area contributed by atoms with Crippen molar-refractivity contribution in [3.05, 3.63) is 66.0 Å². The van der Waals surface area contributed by atoms with Gasteiger partial charge < -0.3 is 0 Å². The minimum absolute atomic E-state index is 0.245. The van der Waals surface area contributed by atoms with Gasteiger partial charge in [0.2, 0.25) is 0 Å². The van der Waals surface area contributed by atoms with Gasteiger partial charge in [-0.1, -0.05) is 41.7 Å². The summed E-state index contributed by atoms with van der Waals surface area (Å²) in [5.41, 5.74) is 3.03. The number of carbonyl (C=O) groups is 1. The number of aryl methyl sites for hydroxylation is 1. The molecule has 0 bridgehead atoms. The number of anilines is 1. The summed E-state index contributed by atoms with van der Waals surface area (Å²) in [6, 6.07) is 15.4. The number of hydrogen-bond acceptors (Lipinski definition) is 5. The fourth-order valence-electron chi connectivity index (χ4n) is 2.35. The fourth-order valence-corrected chi connectivity index (χ4v) is 3.29. The van der Waals surface area contributed by atoms with Crippen molar-refractivity contribution in [2.24, 2.45) is 0 Å². The molecule has 2 heterocycles. The Bertz CT molecular complexity index is 1020. The quantitative estimate of drug-likeness (QED) is 0.622. The third-order valence-corrected chi connectivity index (χ3v) is 4.49. The number of para-hydroxylation sites is 2. The Morgan fingerprint density at radius 2 is 1.96 bits per heavy atom. The second-order valence-electron chi connectivity index (χ2n) is 5.25. The van der Waals surface area contributed by atoms with Crippen LogP contribution in [0.5, 0.6) is 0 Å². The van der Waals surface area contributed by atoms with E-state index >= 15 is 0 Å². The average Bonchev–Trinajstić information content (AvgIpc) is 3.23. The van der Waals surface area contributed by atoms with E-state index in [0.29, 0.717) is 5.13 Å². The molecule has 0 unspecified atom stereocenters. The van der Waals surface area contributed by atoms with Gasteiger partial charge in [0.25, 0.3) is 5.91 Å². The molecule has 4 aromatic rings. The van der Waals surface area contributed by atoms with Crippen molar-refractivity contribution < 1.29 is 4.79 Å². The number of hydrogen-bond donors (Lipinski definition) is 1. The van der Waals surface area contributed by atoms with Crippen LogP contribution < -0.4 is 5.32 Å². The minimum Gasteiger partial charge on any atom is -0.296 e. The molecule has 4 rings (SSSR count). The van der Waals surface area contributed by atoms with Crippen LogP contribution in [0.3, 0.4) is 0 Å². The number of amides is 1. The second kappa shape index (κ2) is 5.86. The number of thiazole rings is 1. The summed E-state index contributed by atoms with van der Waals surface area (Å²) in [4.78, 5) is 18.3. The van der Waals surface area contributed by atoms with Crippen LogP contribution in [-0.4, -0.2) is 25.9 Å². The van der Waals surface area contributed by atoms with Crippen LogP contribution in [0, 0.1) is 6.92 Å². The Labute approximate surface area is 141 Å². The van der Waals surface area contributed by atoms with Crippen molar-refractivity contribution in [3.8, 4) is 5.69 Å². The number of fused-ring (bicyclic) bond motifs is 1. The van der Waals surface area contributed by atoms with E-state index in [2.05, 4.69) is 20.5 Å². The second-order valence-corrected chi connectivity index (χ2v) is 6.28. The zero-order valence-electron chi connectivity index (χ0n) is 12.8. The van der Waals surface area contributed by atoms with Crippen molar-refractivity contribution in [3.63, 3.8) is 0 Å². The van der Waals surface area contributed by atoms with Crippen molar-refractivity contribution in [1.29, 1.82) is 0 Å². The van der Waals surface area contributed by atoms with E-state index < -0.39 is 0 Å². The summed E-state index contributed by atoms with van der Waals surface area (Å²) in [5.74, 6) is -0.325. The van der Waals surface area contributed by atoms with Crippen molar-refractivity contribution >= 4 is 32.6 Å². The number of nitrogens with one attached hydrogen (secondary N) is 1. The lowest BCUT2D eigenvalue weighted by molar-refractivity contribution is 0.102. The molecule has 6 nitrogen and oxygen atoms in total. The number of aromatic nitrogens is 4. The van der Waals surface area contributed by atoms with E-state index in [1.54, 1.807) is 0 Å². The Morgan fingerprint density at radius 1 is 1.12 bits per heavy atom. The molecule has 0 saturated heterocycles. The maximum atomic E-state index is 12.4. The van der Waals surface area contributed by atoms with E-state index in [9.17, 15) is 4.79 Å². The number of benzene rings is 2. The highest BCUT2D eigenvalue weighted by molar-refractivity contribution is 7.22. The first-order chi connectivity index (χ1) is 11.7. The first kappa shape index (κ1) is 14.5. The Kier molecular flexibility index (Phi) is 3.55. The van der Waals surface area contributed by atoms with Crippen LogP contribution in [-0.2, 0) is 0 Å². The summed E-state index contributed by atoms with van der Waals surface area (Å²) in [5, 5.41) is 11.7. The van der Waals surface area contributed by atoms with Crippen molar-refractivity contribution in [2.75, 3.05) is 5.32 Å². The summed E-state index contributed by atoms with van der Waals surface area (Å²) in [7, 11) is 0. The summed E-state index contributed by atoms with van der Waals surface area (Å²) in [6.45, 7) is 2.00. The molecule has 0 aliphatic heterocycles. The average molecular weight is 335 g/mol. The minimum atomic E-state index is -0.325. The maximum absolute atomic E-state index is 12.4. The van der Waals surface area contributed by atoms with Gasteiger partial charge in [0, 0.05) is 0 Å². The lowest BCUT2D eigenvalue weighted by Crippen LogP contribution is -2.13. The van der Waals surface area contributed by atoms with Crippen LogP contribution in [0.4, 0.5) is 5.13 Å². The molecule has 2 aromatic carbocycles. The lowest BCUT2D eigenvalue weighted by atomic mass is 10.2. The number of rotatable bonds is 3. The zero-order valence-corrected chi connectivity index (χ0v) is 13.6.